The fraction of sp³-hybridized carbons (Fsp3) is 0.310. The van der Waals surface area contributed by atoms with Gasteiger partial charge in [-0.25, -0.2) is 18.7 Å². The van der Waals surface area contributed by atoms with Crippen LogP contribution in [0.2, 0.25) is 0 Å². The van der Waals surface area contributed by atoms with Gasteiger partial charge in [0.2, 0.25) is 19.7 Å². The number of benzene rings is 2. The molecule has 1 aliphatic rings. The Labute approximate surface area is 275 Å². The highest BCUT2D eigenvalue weighted by molar-refractivity contribution is 6.59. The van der Waals surface area contributed by atoms with E-state index in [1.807, 2.05) is 0 Å². The molecular weight excluding hydrogens is 603 g/mol. The SMILES string of the molecule is [B]C(O)(O)Oc1cc(N(C)CCN(C)C([B])([B])[B])c(NC(=O)C=C)cc1Nc1nccc(-n2c(=O)n3c4c(cc(F)cc42)CCC3)n1. The molecule has 0 saturated heterocycles. The second-order valence-corrected chi connectivity index (χ2v) is 11.2. The summed E-state index contributed by atoms with van der Waals surface area (Å²) in [6.07, 6.45) is 3.78. The molecule has 0 aliphatic carbocycles. The summed E-state index contributed by atoms with van der Waals surface area (Å²) in [5.74, 6) is -4.23. The van der Waals surface area contributed by atoms with E-state index < -0.39 is 28.5 Å². The van der Waals surface area contributed by atoms with E-state index in [-0.39, 0.29) is 42.0 Å². The zero-order chi connectivity index (χ0) is 34.3. The maximum absolute atomic E-state index is 14.6. The minimum atomic E-state index is -3.11. The summed E-state index contributed by atoms with van der Waals surface area (Å²) in [4.78, 5) is 37.8. The Kier molecular flexibility index (Phi) is 9.31. The van der Waals surface area contributed by atoms with Crippen molar-refractivity contribution in [3.63, 3.8) is 0 Å². The van der Waals surface area contributed by atoms with Gasteiger partial charge in [0, 0.05) is 51.1 Å². The van der Waals surface area contributed by atoms with Crippen LogP contribution in [-0.4, -0.2) is 110 Å². The number of rotatable bonds is 12. The lowest BCUT2D eigenvalue weighted by atomic mass is 9.48. The third kappa shape index (κ3) is 7.39. The molecular formula is C29H29B4FN8O5. The predicted molar refractivity (Wildman–Crippen MR) is 179 cm³/mol. The molecule has 8 radical (unpaired) electrons. The van der Waals surface area contributed by atoms with Gasteiger partial charge in [-0.3, -0.25) is 9.36 Å². The molecule has 4 aromatic rings. The number of aryl methyl sites for hydroxylation is 2. The van der Waals surface area contributed by atoms with Crippen LogP contribution in [0.15, 0.2) is 54.0 Å². The van der Waals surface area contributed by atoms with Crippen molar-refractivity contribution in [3.8, 4) is 11.6 Å². The molecule has 2 aromatic carbocycles. The number of ether oxygens (including phenoxy) is 1. The van der Waals surface area contributed by atoms with Crippen LogP contribution in [0.5, 0.6) is 5.75 Å². The molecule has 3 heterocycles. The van der Waals surface area contributed by atoms with Crippen LogP contribution in [0.25, 0.3) is 16.9 Å². The Morgan fingerprint density at radius 1 is 1.17 bits per heavy atom. The molecule has 0 fully saturated rings. The lowest BCUT2D eigenvalue weighted by Gasteiger charge is -2.35. The average molecular weight is 632 g/mol. The lowest BCUT2D eigenvalue weighted by molar-refractivity contribution is -0.223. The summed E-state index contributed by atoms with van der Waals surface area (Å²) < 4.78 is 22.7. The summed E-state index contributed by atoms with van der Waals surface area (Å²) in [6, 6.07) is 7.02. The molecule has 0 unspecified atom stereocenters. The Morgan fingerprint density at radius 2 is 1.91 bits per heavy atom. The van der Waals surface area contributed by atoms with Crippen molar-refractivity contribution < 1.29 is 24.1 Å². The molecule has 0 saturated carbocycles. The molecule has 1 amide bonds. The standard InChI is InChI=1S/C29H29B4FN8O5/c1-4-24(43)36-18-14-19(22(47-29(33,45)46)15-20(18)39(2)10-11-40(3)28(30,31)32)37-26-35-8-7-23(38-26)42-21-13-17(34)12-16-6-5-9-41(25(16)21)27(42)44/h4,7-8,12-15,45-46H,1,5-6,9-11H2,2-3H3,(H,36,43)(H,35,37,38). The molecule has 5 rings (SSSR count). The number of halogens is 1. The molecule has 4 N–H and O–H groups in total. The van der Waals surface area contributed by atoms with Gasteiger partial charge in [-0.2, -0.15) is 4.98 Å². The monoisotopic (exact) mass is 632 g/mol. The van der Waals surface area contributed by atoms with Crippen LogP contribution in [0.1, 0.15) is 12.0 Å². The largest absolute Gasteiger partial charge is 0.447 e. The summed E-state index contributed by atoms with van der Waals surface area (Å²) in [6.45, 7) is 4.54. The summed E-state index contributed by atoms with van der Waals surface area (Å²) in [7, 11) is 26.0. The van der Waals surface area contributed by atoms with Gasteiger partial charge >= 0.3 is 5.69 Å². The van der Waals surface area contributed by atoms with Gasteiger partial charge in [-0.15, -0.1) is 0 Å². The summed E-state index contributed by atoms with van der Waals surface area (Å²) >= 11 is 0. The van der Waals surface area contributed by atoms with E-state index in [4.69, 9.17) is 36.1 Å². The van der Waals surface area contributed by atoms with Crippen molar-refractivity contribution in [1.29, 1.82) is 0 Å². The number of nitrogens with zero attached hydrogens (tertiary/aromatic N) is 6. The Hall–Kier alpha value is -4.53. The molecule has 0 atom stereocenters. The first-order chi connectivity index (χ1) is 22.1. The Morgan fingerprint density at radius 3 is 2.60 bits per heavy atom. The van der Waals surface area contributed by atoms with Gasteiger partial charge in [0.05, 0.1) is 51.6 Å². The predicted octanol–water partition coefficient (Wildman–Crippen LogP) is 0.164. The third-order valence-corrected chi connectivity index (χ3v) is 7.66. The number of carbonyl (C=O) groups is 1. The van der Waals surface area contributed by atoms with Crippen molar-refractivity contribution in [2.24, 2.45) is 0 Å². The average Bonchev–Trinajstić information content (AvgIpc) is 3.27. The van der Waals surface area contributed by atoms with Crippen molar-refractivity contribution >= 4 is 71.3 Å². The van der Waals surface area contributed by atoms with Crippen LogP contribution in [0, 0.1) is 5.82 Å². The molecule has 234 valence electrons. The minimum Gasteiger partial charge on any atom is -0.447 e. The number of anilines is 4. The second kappa shape index (κ2) is 12.9. The van der Waals surface area contributed by atoms with Crippen molar-refractivity contribution in [2.75, 3.05) is 42.7 Å². The highest BCUT2D eigenvalue weighted by Crippen LogP contribution is 2.39. The summed E-state index contributed by atoms with van der Waals surface area (Å²) in [5, 5.41) is 23.9. The molecule has 47 heavy (non-hydrogen) atoms. The fourth-order valence-electron chi connectivity index (χ4n) is 5.27. The number of hydrogen-bond acceptors (Lipinski definition) is 10. The van der Waals surface area contributed by atoms with Crippen LogP contribution < -0.4 is 26.0 Å². The minimum absolute atomic E-state index is 0.0413. The van der Waals surface area contributed by atoms with E-state index in [0.717, 1.165) is 11.6 Å². The van der Waals surface area contributed by atoms with Gasteiger partial charge in [-0.1, -0.05) is 11.8 Å². The van der Waals surface area contributed by atoms with E-state index in [0.29, 0.717) is 36.1 Å². The van der Waals surface area contributed by atoms with Crippen LogP contribution in [0.4, 0.5) is 27.4 Å². The Bertz CT molecular complexity index is 1910. The van der Waals surface area contributed by atoms with Gasteiger partial charge in [0.25, 0.3) is 5.87 Å². The number of aromatic nitrogens is 4. The van der Waals surface area contributed by atoms with E-state index in [1.54, 1.807) is 23.6 Å². The molecule has 13 nitrogen and oxygen atoms in total. The number of amides is 1. The highest BCUT2D eigenvalue weighted by Gasteiger charge is 2.25. The van der Waals surface area contributed by atoms with Gasteiger partial charge in [-0.05, 0) is 43.7 Å². The van der Waals surface area contributed by atoms with Gasteiger partial charge < -0.3 is 35.4 Å². The van der Waals surface area contributed by atoms with Gasteiger partial charge in [0.15, 0.2) is 5.75 Å². The fourth-order valence-corrected chi connectivity index (χ4v) is 5.27. The first-order valence-electron chi connectivity index (χ1n) is 14.4. The van der Waals surface area contributed by atoms with Crippen LogP contribution >= 0.6 is 0 Å². The first-order valence-corrected chi connectivity index (χ1v) is 14.4. The number of likely N-dealkylation sites (N-methyl/N-ethyl adjacent to an activating group) is 2. The van der Waals surface area contributed by atoms with E-state index >= 15 is 0 Å². The summed E-state index contributed by atoms with van der Waals surface area (Å²) in [5.41, 5.74) is 1.97. The number of carbonyl (C=O) groups excluding carboxylic acids is 1. The van der Waals surface area contributed by atoms with Crippen LogP contribution in [-0.2, 0) is 17.8 Å². The molecule has 0 spiro atoms. The number of hydrogen-bond donors (Lipinski definition) is 4. The van der Waals surface area contributed by atoms with Crippen molar-refractivity contribution in [2.45, 2.75) is 30.5 Å². The van der Waals surface area contributed by atoms with Crippen molar-refractivity contribution in [1.82, 2.24) is 24.0 Å². The second-order valence-electron chi connectivity index (χ2n) is 11.2. The Balaban J connectivity index is 1.57. The number of nitrogens with one attached hydrogen (secondary N) is 2. The molecule has 1 aliphatic heterocycles. The zero-order valence-electron chi connectivity index (χ0n) is 25.8. The third-order valence-electron chi connectivity index (χ3n) is 7.66. The first kappa shape index (κ1) is 33.8. The van der Waals surface area contributed by atoms with E-state index in [1.165, 1.54) is 46.0 Å². The topological polar surface area (TPSA) is 150 Å². The number of aliphatic hydroxyl groups is 2. The van der Waals surface area contributed by atoms with Crippen LogP contribution in [0.3, 0.4) is 0 Å². The van der Waals surface area contributed by atoms with E-state index in [9.17, 15) is 24.2 Å². The maximum atomic E-state index is 14.6. The zero-order valence-corrected chi connectivity index (χ0v) is 25.8. The maximum Gasteiger partial charge on any atom is 0.334 e. The molecule has 0 bridgehead atoms. The molecule has 2 aromatic heterocycles. The quantitative estimate of drug-likeness (QED) is 0.0968. The van der Waals surface area contributed by atoms with E-state index in [2.05, 4.69) is 27.2 Å². The lowest BCUT2D eigenvalue weighted by Crippen LogP contribution is -2.50. The van der Waals surface area contributed by atoms with Crippen molar-refractivity contribution in [3.05, 3.63) is 71.0 Å². The normalized spacial score (nSPS) is 13.1. The molecule has 18 heteroatoms. The smallest absolute Gasteiger partial charge is 0.334 e. The number of imidazole rings is 1. The van der Waals surface area contributed by atoms with Gasteiger partial charge in [0.1, 0.15) is 11.6 Å². The highest BCUT2D eigenvalue weighted by atomic mass is 19.1.